The topological polar surface area (TPSA) is 58.0 Å². The van der Waals surface area contributed by atoms with E-state index in [0.717, 1.165) is 28.2 Å². The van der Waals surface area contributed by atoms with Crippen LogP contribution >= 0.6 is 23.1 Å². The standard InChI is InChI=1S/C7H13N3OS2/c1-2-8-6-9-10-7(13-6)12-5-3-4-11/h11H,2-5H2,1H3,(H,8,9). The molecule has 1 aromatic rings. The summed E-state index contributed by atoms with van der Waals surface area (Å²) in [4.78, 5) is 0. The van der Waals surface area contributed by atoms with Crippen LogP contribution in [0.2, 0.25) is 0 Å². The molecule has 0 aromatic carbocycles. The summed E-state index contributed by atoms with van der Waals surface area (Å²) in [5, 5.41) is 20.5. The highest BCUT2D eigenvalue weighted by molar-refractivity contribution is 8.01. The van der Waals surface area contributed by atoms with Crippen LogP contribution in [-0.4, -0.2) is 34.2 Å². The van der Waals surface area contributed by atoms with E-state index in [9.17, 15) is 0 Å². The normalized spacial score (nSPS) is 10.3. The zero-order chi connectivity index (χ0) is 9.52. The number of rotatable bonds is 6. The molecule has 0 saturated carbocycles. The summed E-state index contributed by atoms with van der Waals surface area (Å²) in [6, 6.07) is 0. The van der Waals surface area contributed by atoms with Gasteiger partial charge in [0.25, 0.3) is 0 Å². The maximum Gasteiger partial charge on any atom is 0.206 e. The highest BCUT2D eigenvalue weighted by Gasteiger charge is 2.02. The second-order valence-corrected chi connectivity index (χ2v) is 4.65. The van der Waals surface area contributed by atoms with Crippen molar-refractivity contribution in [2.24, 2.45) is 0 Å². The van der Waals surface area contributed by atoms with Crippen LogP contribution in [0.25, 0.3) is 0 Å². The van der Waals surface area contributed by atoms with Crippen molar-refractivity contribution in [3.8, 4) is 0 Å². The summed E-state index contributed by atoms with van der Waals surface area (Å²) >= 11 is 3.19. The Hall–Kier alpha value is -0.330. The van der Waals surface area contributed by atoms with Crippen LogP contribution in [0.3, 0.4) is 0 Å². The van der Waals surface area contributed by atoms with Gasteiger partial charge in [-0.3, -0.25) is 0 Å². The van der Waals surface area contributed by atoms with E-state index >= 15 is 0 Å². The molecule has 0 saturated heterocycles. The van der Waals surface area contributed by atoms with Crippen LogP contribution in [0.15, 0.2) is 4.34 Å². The molecule has 1 heterocycles. The SMILES string of the molecule is CCNc1nnc(SCCCO)s1. The van der Waals surface area contributed by atoms with E-state index in [0.29, 0.717) is 0 Å². The fraction of sp³-hybridized carbons (Fsp3) is 0.714. The Labute approximate surface area is 85.8 Å². The molecule has 6 heteroatoms. The summed E-state index contributed by atoms with van der Waals surface area (Å²) in [5.74, 6) is 0.900. The average molecular weight is 219 g/mol. The first-order chi connectivity index (χ1) is 6.36. The molecule has 13 heavy (non-hydrogen) atoms. The molecule has 0 radical (unpaired) electrons. The first-order valence-corrected chi connectivity index (χ1v) is 5.98. The molecule has 0 atom stereocenters. The number of aromatic nitrogens is 2. The fourth-order valence-electron chi connectivity index (χ4n) is 0.715. The molecular weight excluding hydrogens is 206 g/mol. The summed E-state index contributed by atoms with van der Waals surface area (Å²) in [7, 11) is 0. The van der Waals surface area contributed by atoms with Gasteiger partial charge in [0.05, 0.1) is 0 Å². The third kappa shape index (κ3) is 3.93. The van der Waals surface area contributed by atoms with E-state index in [2.05, 4.69) is 15.5 Å². The van der Waals surface area contributed by atoms with Gasteiger partial charge in [0.2, 0.25) is 5.13 Å². The minimum Gasteiger partial charge on any atom is -0.396 e. The molecule has 0 bridgehead atoms. The first-order valence-electron chi connectivity index (χ1n) is 4.18. The maximum absolute atomic E-state index is 8.58. The van der Waals surface area contributed by atoms with Crippen LogP contribution in [-0.2, 0) is 0 Å². The third-order valence-electron chi connectivity index (χ3n) is 1.26. The largest absolute Gasteiger partial charge is 0.396 e. The quantitative estimate of drug-likeness (QED) is 0.560. The van der Waals surface area contributed by atoms with E-state index in [-0.39, 0.29) is 6.61 Å². The molecular formula is C7H13N3OS2. The van der Waals surface area contributed by atoms with Crippen LogP contribution in [0, 0.1) is 0 Å². The average Bonchev–Trinajstić information content (AvgIpc) is 2.54. The molecule has 2 N–H and O–H groups in total. The lowest BCUT2D eigenvalue weighted by Gasteiger charge is -1.93. The van der Waals surface area contributed by atoms with Gasteiger partial charge in [-0.1, -0.05) is 23.1 Å². The summed E-state index contributed by atoms with van der Waals surface area (Å²) < 4.78 is 0.962. The van der Waals surface area contributed by atoms with Crippen molar-refractivity contribution in [3.05, 3.63) is 0 Å². The summed E-state index contributed by atoms with van der Waals surface area (Å²) in [6.45, 7) is 3.14. The minimum atomic E-state index is 0.242. The number of anilines is 1. The van der Waals surface area contributed by atoms with E-state index in [1.54, 1.807) is 23.1 Å². The number of nitrogens with zero attached hydrogens (tertiary/aromatic N) is 2. The predicted octanol–water partition coefficient (Wildman–Crippen LogP) is 1.44. The number of nitrogens with one attached hydrogen (secondary N) is 1. The number of thioether (sulfide) groups is 1. The van der Waals surface area contributed by atoms with Gasteiger partial charge in [-0.05, 0) is 13.3 Å². The zero-order valence-corrected chi connectivity index (χ0v) is 9.12. The number of aliphatic hydroxyl groups excluding tert-OH is 1. The molecule has 1 rings (SSSR count). The van der Waals surface area contributed by atoms with Crippen molar-refractivity contribution < 1.29 is 5.11 Å². The van der Waals surface area contributed by atoms with Gasteiger partial charge in [-0.2, -0.15) is 0 Å². The lowest BCUT2D eigenvalue weighted by molar-refractivity contribution is 0.296. The Morgan fingerprint density at radius 1 is 1.54 bits per heavy atom. The molecule has 74 valence electrons. The van der Waals surface area contributed by atoms with E-state index in [1.165, 1.54) is 0 Å². The number of hydrogen-bond acceptors (Lipinski definition) is 6. The van der Waals surface area contributed by atoms with E-state index in [1.807, 2.05) is 6.92 Å². The Balaban J connectivity index is 2.31. The Kier molecular flexibility index (Phi) is 5.10. The number of aliphatic hydroxyl groups is 1. The van der Waals surface area contributed by atoms with Crippen molar-refractivity contribution in [2.45, 2.75) is 17.7 Å². The summed E-state index contributed by atoms with van der Waals surface area (Å²) in [5.41, 5.74) is 0. The Morgan fingerprint density at radius 2 is 2.38 bits per heavy atom. The van der Waals surface area contributed by atoms with Crippen molar-refractivity contribution in [2.75, 3.05) is 24.2 Å². The Morgan fingerprint density at radius 3 is 3.08 bits per heavy atom. The summed E-state index contributed by atoms with van der Waals surface area (Å²) in [6.07, 6.45) is 0.806. The van der Waals surface area contributed by atoms with E-state index in [4.69, 9.17) is 5.11 Å². The highest BCUT2D eigenvalue weighted by atomic mass is 32.2. The molecule has 1 aromatic heterocycles. The first kappa shape index (κ1) is 10.7. The van der Waals surface area contributed by atoms with E-state index < -0.39 is 0 Å². The molecule has 0 fully saturated rings. The van der Waals surface area contributed by atoms with Gasteiger partial charge < -0.3 is 10.4 Å². The zero-order valence-electron chi connectivity index (χ0n) is 7.49. The smallest absolute Gasteiger partial charge is 0.206 e. The molecule has 0 aliphatic heterocycles. The number of hydrogen-bond donors (Lipinski definition) is 2. The predicted molar refractivity (Wildman–Crippen MR) is 56.5 cm³/mol. The molecule has 0 aliphatic carbocycles. The van der Waals surface area contributed by atoms with Gasteiger partial charge in [0, 0.05) is 18.9 Å². The van der Waals surface area contributed by atoms with Crippen molar-refractivity contribution >= 4 is 28.2 Å². The van der Waals surface area contributed by atoms with Gasteiger partial charge in [-0.25, -0.2) is 0 Å². The van der Waals surface area contributed by atoms with Crippen LogP contribution < -0.4 is 5.32 Å². The lowest BCUT2D eigenvalue weighted by Crippen LogP contribution is -1.94. The fourth-order valence-corrected chi connectivity index (χ4v) is 2.53. The second-order valence-electron chi connectivity index (χ2n) is 2.33. The maximum atomic E-state index is 8.58. The molecule has 0 aliphatic rings. The van der Waals surface area contributed by atoms with Crippen LogP contribution in [0.5, 0.6) is 0 Å². The monoisotopic (exact) mass is 219 g/mol. The van der Waals surface area contributed by atoms with Gasteiger partial charge in [-0.15, -0.1) is 10.2 Å². The molecule has 0 amide bonds. The third-order valence-corrected chi connectivity index (χ3v) is 3.36. The van der Waals surface area contributed by atoms with Gasteiger partial charge >= 0.3 is 0 Å². The second kappa shape index (κ2) is 6.17. The van der Waals surface area contributed by atoms with Crippen LogP contribution in [0.4, 0.5) is 5.13 Å². The van der Waals surface area contributed by atoms with Crippen molar-refractivity contribution in [1.29, 1.82) is 0 Å². The minimum absolute atomic E-state index is 0.242. The van der Waals surface area contributed by atoms with Crippen LogP contribution in [0.1, 0.15) is 13.3 Å². The molecule has 4 nitrogen and oxygen atoms in total. The van der Waals surface area contributed by atoms with Gasteiger partial charge in [0.1, 0.15) is 0 Å². The lowest BCUT2D eigenvalue weighted by atomic mass is 10.5. The van der Waals surface area contributed by atoms with Crippen molar-refractivity contribution in [1.82, 2.24) is 10.2 Å². The molecule has 0 spiro atoms. The van der Waals surface area contributed by atoms with Crippen molar-refractivity contribution in [3.63, 3.8) is 0 Å². The highest BCUT2D eigenvalue weighted by Crippen LogP contribution is 2.25. The molecule has 0 unspecified atom stereocenters. The Bertz CT molecular complexity index is 241. The van der Waals surface area contributed by atoms with Gasteiger partial charge in [0.15, 0.2) is 4.34 Å².